The van der Waals surface area contributed by atoms with Crippen molar-refractivity contribution < 1.29 is 14.6 Å². The number of anilines is 1. The number of ether oxygens (including phenoxy) is 2. The third-order valence-corrected chi connectivity index (χ3v) is 8.01. The number of aliphatic hydroxyl groups excluding tert-OH is 1. The molecule has 6 rings (SSSR count). The van der Waals surface area contributed by atoms with Gasteiger partial charge in [0, 0.05) is 31.0 Å². The number of aliphatic hydroxyl groups is 1. The first-order chi connectivity index (χ1) is 17.6. The van der Waals surface area contributed by atoms with Crippen LogP contribution in [0.4, 0.5) is 5.82 Å². The number of benzene rings is 1. The van der Waals surface area contributed by atoms with Gasteiger partial charge in [-0.2, -0.15) is 5.10 Å². The van der Waals surface area contributed by atoms with Crippen LogP contribution in [0.1, 0.15) is 42.6 Å². The van der Waals surface area contributed by atoms with E-state index < -0.39 is 0 Å². The number of aromatic nitrogens is 4. The summed E-state index contributed by atoms with van der Waals surface area (Å²) >= 11 is 0. The van der Waals surface area contributed by atoms with E-state index in [-0.39, 0.29) is 12.7 Å². The molecule has 9 nitrogen and oxygen atoms in total. The molecule has 3 aromatic rings. The molecule has 3 fully saturated rings. The molecule has 1 aromatic carbocycles. The van der Waals surface area contributed by atoms with Crippen LogP contribution in [0, 0.1) is 6.92 Å². The molecule has 36 heavy (non-hydrogen) atoms. The minimum atomic E-state index is -0.193. The predicted octanol–water partition coefficient (Wildman–Crippen LogP) is 2.46. The highest BCUT2D eigenvalue weighted by Crippen LogP contribution is 2.34. The number of hydrogen-bond acceptors (Lipinski definition) is 8. The van der Waals surface area contributed by atoms with E-state index in [0.29, 0.717) is 25.1 Å². The predicted molar refractivity (Wildman–Crippen MR) is 138 cm³/mol. The van der Waals surface area contributed by atoms with Gasteiger partial charge in [-0.25, -0.2) is 14.6 Å². The van der Waals surface area contributed by atoms with E-state index in [1.165, 1.54) is 24.0 Å². The van der Waals surface area contributed by atoms with Crippen LogP contribution in [-0.2, 0) is 15.9 Å². The molecule has 1 N–H and O–H groups in total. The normalized spacial score (nSPS) is 22.3. The second kappa shape index (κ2) is 10.0. The summed E-state index contributed by atoms with van der Waals surface area (Å²) in [6.07, 6.45) is 4.84. The molecule has 2 aromatic heterocycles. The third-order valence-electron chi connectivity index (χ3n) is 8.01. The molecule has 1 atom stereocenters. The molecule has 0 spiro atoms. The SMILES string of the molecule is CCc1nc(N2CCOC(CO)C2)cc(-n2ncc3cc(C)c(C4CCN(C5COC5)CC4)cc32)n1. The van der Waals surface area contributed by atoms with Crippen LogP contribution in [0.5, 0.6) is 0 Å². The van der Waals surface area contributed by atoms with Crippen molar-refractivity contribution >= 4 is 16.7 Å². The second-order valence-electron chi connectivity index (χ2n) is 10.3. The van der Waals surface area contributed by atoms with Crippen LogP contribution in [0.3, 0.4) is 0 Å². The maximum absolute atomic E-state index is 9.59. The molecule has 0 radical (unpaired) electrons. The molecule has 5 heterocycles. The van der Waals surface area contributed by atoms with Crippen LogP contribution in [0.15, 0.2) is 24.4 Å². The number of hydrogen-bond donors (Lipinski definition) is 1. The fourth-order valence-corrected chi connectivity index (χ4v) is 5.77. The Labute approximate surface area is 212 Å². The summed E-state index contributed by atoms with van der Waals surface area (Å²) in [5.74, 6) is 3.00. The van der Waals surface area contributed by atoms with Gasteiger partial charge in [0.25, 0.3) is 0 Å². The van der Waals surface area contributed by atoms with Crippen molar-refractivity contribution in [2.24, 2.45) is 0 Å². The van der Waals surface area contributed by atoms with Crippen LogP contribution in [-0.4, -0.2) is 94.5 Å². The van der Waals surface area contributed by atoms with E-state index in [1.807, 2.05) is 16.9 Å². The Morgan fingerprint density at radius 2 is 1.86 bits per heavy atom. The van der Waals surface area contributed by atoms with Gasteiger partial charge in [-0.1, -0.05) is 6.92 Å². The van der Waals surface area contributed by atoms with Gasteiger partial charge in [0.2, 0.25) is 0 Å². The van der Waals surface area contributed by atoms with Gasteiger partial charge in [-0.3, -0.25) is 4.90 Å². The van der Waals surface area contributed by atoms with Crippen LogP contribution < -0.4 is 4.90 Å². The van der Waals surface area contributed by atoms with Gasteiger partial charge >= 0.3 is 0 Å². The smallest absolute Gasteiger partial charge is 0.159 e. The average Bonchev–Trinajstić information content (AvgIpc) is 3.30. The van der Waals surface area contributed by atoms with Crippen molar-refractivity contribution in [3.8, 4) is 5.82 Å². The molecule has 9 heteroatoms. The number of rotatable bonds is 6. The first-order valence-electron chi connectivity index (χ1n) is 13.3. The fraction of sp³-hybridized carbons (Fsp3) is 0.593. The lowest BCUT2D eigenvalue weighted by Crippen LogP contribution is -2.51. The van der Waals surface area contributed by atoms with E-state index in [1.54, 1.807) is 0 Å². The van der Waals surface area contributed by atoms with Crippen LogP contribution in [0.2, 0.25) is 0 Å². The first-order valence-corrected chi connectivity index (χ1v) is 13.3. The van der Waals surface area contributed by atoms with Crippen molar-refractivity contribution in [2.45, 2.75) is 51.2 Å². The monoisotopic (exact) mass is 492 g/mol. The zero-order chi connectivity index (χ0) is 24.6. The quantitative estimate of drug-likeness (QED) is 0.562. The standard InChI is InChI=1S/C27H36N6O3/c1-3-25-29-26(32-8-9-36-22(14-32)15-34)12-27(30-25)33-24-11-23(18(2)10-20(24)13-28-33)19-4-6-31(7-5-19)21-16-35-17-21/h10-13,19,21-22,34H,3-9,14-17H2,1-2H3. The van der Waals surface area contributed by atoms with Crippen molar-refractivity contribution in [1.82, 2.24) is 24.6 Å². The first kappa shape index (κ1) is 23.8. The van der Waals surface area contributed by atoms with Gasteiger partial charge in [-0.15, -0.1) is 0 Å². The number of morpholine rings is 1. The Balaban J connectivity index is 1.31. The van der Waals surface area contributed by atoms with E-state index in [2.05, 4.69) is 35.8 Å². The maximum atomic E-state index is 9.59. The lowest BCUT2D eigenvalue weighted by Gasteiger charge is -2.41. The Morgan fingerprint density at radius 1 is 1.06 bits per heavy atom. The van der Waals surface area contributed by atoms with Crippen molar-refractivity contribution in [3.63, 3.8) is 0 Å². The Hall–Kier alpha value is -2.59. The summed E-state index contributed by atoms with van der Waals surface area (Å²) in [5, 5.41) is 15.5. The van der Waals surface area contributed by atoms with Gasteiger partial charge in [0.15, 0.2) is 5.82 Å². The third kappa shape index (κ3) is 4.49. The molecule has 0 bridgehead atoms. The Kier molecular flexibility index (Phi) is 6.64. The molecular formula is C27H36N6O3. The molecule has 0 saturated carbocycles. The molecule has 0 aliphatic carbocycles. The summed E-state index contributed by atoms with van der Waals surface area (Å²) < 4.78 is 13.0. The van der Waals surface area contributed by atoms with Gasteiger partial charge < -0.3 is 19.5 Å². The summed E-state index contributed by atoms with van der Waals surface area (Å²) in [4.78, 5) is 14.4. The molecule has 1 unspecified atom stereocenters. The molecule has 192 valence electrons. The van der Waals surface area contributed by atoms with Crippen LogP contribution in [0.25, 0.3) is 16.7 Å². The van der Waals surface area contributed by atoms with E-state index in [9.17, 15) is 5.11 Å². The number of fused-ring (bicyclic) bond motifs is 1. The number of aryl methyl sites for hydroxylation is 2. The van der Waals surface area contributed by atoms with E-state index in [0.717, 1.165) is 67.6 Å². The average molecular weight is 493 g/mol. The van der Waals surface area contributed by atoms with E-state index in [4.69, 9.17) is 24.5 Å². The minimum absolute atomic E-state index is 0.00829. The van der Waals surface area contributed by atoms with Crippen molar-refractivity contribution in [3.05, 3.63) is 41.3 Å². The summed E-state index contributed by atoms with van der Waals surface area (Å²) in [7, 11) is 0. The molecule has 0 amide bonds. The minimum Gasteiger partial charge on any atom is -0.394 e. The van der Waals surface area contributed by atoms with Gasteiger partial charge in [0.1, 0.15) is 11.6 Å². The largest absolute Gasteiger partial charge is 0.394 e. The zero-order valence-electron chi connectivity index (χ0n) is 21.3. The van der Waals surface area contributed by atoms with Gasteiger partial charge in [-0.05, 0) is 62.0 Å². The highest BCUT2D eigenvalue weighted by atomic mass is 16.5. The lowest BCUT2D eigenvalue weighted by atomic mass is 9.85. The fourth-order valence-electron chi connectivity index (χ4n) is 5.77. The summed E-state index contributed by atoms with van der Waals surface area (Å²) in [5.41, 5.74) is 3.86. The Bertz CT molecular complexity index is 1220. The second-order valence-corrected chi connectivity index (χ2v) is 10.3. The van der Waals surface area contributed by atoms with Crippen LogP contribution >= 0.6 is 0 Å². The topological polar surface area (TPSA) is 88.8 Å². The number of piperidine rings is 1. The molecule has 3 aliphatic heterocycles. The summed E-state index contributed by atoms with van der Waals surface area (Å²) in [6.45, 7) is 10.3. The zero-order valence-corrected chi connectivity index (χ0v) is 21.3. The maximum Gasteiger partial charge on any atom is 0.159 e. The van der Waals surface area contributed by atoms with Crippen molar-refractivity contribution in [2.75, 3.05) is 57.5 Å². The van der Waals surface area contributed by atoms with Gasteiger partial charge in [0.05, 0.1) is 50.3 Å². The highest BCUT2D eigenvalue weighted by Gasteiger charge is 2.31. The summed E-state index contributed by atoms with van der Waals surface area (Å²) in [6, 6.07) is 7.25. The number of nitrogens with zero attached hydrogens (tertiary/aromatic N) is 6. The lowest BCUT2D eigenvalue weighted by molar-refractivity contribution is -0.0712. The molecule has 3 aliphatic rings. The highest BCUT2D eigenvalue weighted by molar-refractivity contribution is 5.82. The number of likely N-dealkylation sites (tertiary alicyclic amines) is 1. The molecule has 3 saturated heterocycles. The van der Waals surface area contributed by atoms with Crippen molar-refractivity contribution in [1.29, 1.82) is 0 Å². The molecular weight excluding hydrogens is 456 g/mol. The Morgan fingerprint density at radius 3 is 2.58 bits per heavy atom. The van der Waals surface area contributed by atoms with E-state index >= 15 is 0 Å².